The number of nitrogens with two attached hydrogens (primary N) is 1. The number of nitrogens with one attached hydrogen (secondary N) is 2. The van der Waals surface area contributed by atoms with Crippen LogP contribution in [0.15, 0.2) is 23.0 Å². The summed E-state index contributed by atoms with van der Waals surface area (Å²) in [6, 6.07) is 5.31. The predicted molar refractivity (Wildman–Crippen MR) is 88.7 cm³/mol. The Hall–Kier alpha value is -2.34. The standard InChI is InChI=1S/C17H21N3O3/c1-9-6-10-7-11(8-19-16(22)17(2,3)18)23-15(10)12-4-5-13(21)20-14(9)12/h4-6,11H,7-8,18H2,1-3H3,(H,19,22)(H,20,21). The first-order valence-corrected chi connectivity index (χ1v) is 7.65. The van der Waals surface area contributed by atoms with Crippen molar-refractivity contribution in [3.05, 3.63) is 39.7 Å². The van der Waals surface area contributed by atoms with Crippen molar-refractivity contribution >= 4 is 16.8 Å². The van der Waals surface area contributed by atoms with E-state index in [1.54, 1.807) is 19.9 Å². The van der Waals surface area contributed by atoms with E-state index in [0.717, 1.165) is 34.2 Å². The topological polar surface area (TPSA) is 97.2 Å². The number of H-pyrrole nitrogens is 1. The highest BCUT2D eigenvalue weighted by molar-refractivity contribution is 5.89. The maximum atomic E-state index is 11.9. The van der Waals surface area contributed by atoms with Crippen LogP contribution in [-0.2, 0) is 11.2 Å². The van der Waals surface area contributed by atoms with Crippen LogP contribution in [0.4, 0.5) is 0 Å². The molecule has 1 aliphatic rings. The second-order valence-electron chi connectivity index (χ2n) is 6.67. The Bertz CT molecular complexity index is 833. The van der Waals surface area contributed by atoms with Crippen molar-refractivity contribution in [1.29, 1.82) is 0 Å². The lowest BCUT2D eigenvalue weighted by molar-refractivity contribution is -0.125. The van der Waals surface area contributed by atoms with Gasteiger partial charge in [-0.25, -0.2) is 0 Å². The highest BCUT2D eigenvalue weighted by Gasteiger charge is 2.28. The van der Waals surface area contributed by atoms with Crippen LogP contribution in [-0.4, -0.2) is 29.1 Å². The summed E-state index contributed by atoms with van der Waals surface area (Å²) in [5.41, 5.74) is 7.62. The summed E-state index contributed by atoms with van der Waals surface area (Å²) in [4.78, 5) is 26.2. The number of fused-ring (bicyclic) bond motifs is 3. The molecule has 1 amide bonds. The van der Waals surface area contributed by atoms with Gasteiger partial charge in [0.05, 0.1) is 17.6 Å². The number of aromatic nitrogens is 1. The first kappa shape index (κ1) is 15.6. The lowest BCUT2D eigenvalue weighted by Gasteiger charge is -2.19. The molecule has 1 aliphatic heterocycles. The van der Waals surface area contributed by atoms with E-state index in [9.17, 15) is 9.59 Å². The lowest BCUT2D eigenvalue weighted by atomic mass is 10.0. The smallest absolute Gasteiger partial charge is 0.248 e. The van der Waals surface area contributed by atoms with Gasteiger partial charge in [0.1, 0.15) is 11.9 Å². The van der Waals surface area contributed by atoms with Crippen molar-refractivity contribution in [1.82, 2.24) is 10.3 Å². The zero-order chi connectivity index (χ0) is 16.8. The normalized spacial score (nSPS) is 17.0. The third kappa shape index (κ3) is 2.94. The zero-order valence-electron chi connectivity index (χ0n) is 13.5. The SMILES string of the molecule is Cc1cc2c(c3ccc(=O)[nH]c13)OC(CNC(=O)C(C)(C)N)C2. The number of pyridine rings is 1. The number of aryl methyl sites for hydroxylation is 1. The largest absolute Gasteiger partial charge is 0.487 e. The highest BCUT2D eigenvalue weighted by atomic mass is 16.5. The molecule has 4 N–H and O–H groups in total. The van der Waals surface area contributed by atoms with E-state index in [4.69, 9.17) is 10.5 Å². The Morgan fingerprint density at radius 2 is 2.22 bits per heavy atom. The average Bonchev–Trinajstić information content (AvgIpc) is 2.86. The van der Waals surface area contributed by atoms with Gasteiger partial charge in [0.25, 0.3) is 0 Å². The molecule has 0 spiro atoms. The van der Waals surface area contributed by atoms with Gasteiger partial charge in [-0.15, -0.1) is 0 Å². The Morgan fingerprint density at radius 1 is 1.48 bits per heavy atom. The number of aromatic amines is 1. The van der Waals surface area contributed by atoms with Gasteiger partial charge in [-0.05, 0) is 38.0 Å². The third-order valence-corrected chi connectivity index (χ3v) is 4.05. The molecule has 0 radical (unpaired) electrons. The van der Waals surface area contributed by atoms with Crippen molar-refractivity contribution in [2.24, 2.45) is 5.73 Å². The van der Waals surface area contributed by atoms with E-state index in [-0.39, 0.29) is 17.6 Å². The van der Waals surface area contributed by atoms with Crippen LogP contribution in [0.2, 0.25) is 0 Å². The van der Waals surface area contributed by atoms with Crippen molar-refractivity contribution in [3.63, 3.8) is 0 Å². The van der Waals surface area contributed by atoms with Crippen molar-refractivity contribution < 1.29 is 9.53 Å². The van der Waals surface area contributed by atoms with Crippen LogP contribution in [0.1, 0.15) is 25.0 Å². The quantitative estimate of drug-likeness (QED) is 0.787. The number of rotatable bonds is 3. The minimum atomic E-state index is -0.909. The summed E-state index contributed by atoms with van der Waals surface area (Å²) < 4.78 is 6.00. The number of carbonyl (C=O) groups excluding carboxylic acids is 1. The molecule has 6 nitrogen and oxygen atoms in total. The summed E-state index contributed by atoms with van der Waals surface area (Å²) in [5, 5.41) is 3.72. The predicted octanol–water partition coefficient (Wildman–Crippen LogP) is 0.994. The minimum Gasteiger partial charge on any atom is -0.487 e. The van der Waals surface area contributed by atoms with Crippen LogP contribution in [0.5, 0.6) is 5.75 Å². The molecule has 0 saturated heterocycles. The van der Waals surface area contributed by atoms with Crippen LogP contribution in [0.25, 0.3) is 10.9 Å². The zero-order valence-corrected chi connectivity index (χ0v) is 13.5. The summed E-state index contributed by atoms with van der Waals surface area (Å²) in [6.07, 6.45) is 0.587. The van der Waals surface area contributed by atoms with Gasteiger partial charge in [0, 0.05) is 17.9 Å². The molecule has 23 heavy (non-hydrogen) atoms. The Morgan fingerprint density at radius 3 is 2.91 bits per heavy atom. The Labute approximate surface area is 134 Å². The van der Waals surface area contributed by atoms with Gasteiger partial charge in [0.2, 0.25) is 11.5 Å². The number of ether oxygens (including phenoxy) is 1. The maximum Gasteiger partial charge on any atom is 0.248 e. The van der Waals surface area contributed by atoms with Crippen LogP contribution in [0, 0.1) is 6.92 Å². The molecule has 122 valence electrons. The van der Waals surface area contributed by atoms with E-state index < -0.39 is 5.54 Å². The second-order valence-corrected chi connectivity index (χ2v) is 6.67. The van der Waals surface area contributed by atoms with E-state index in [1.165, 1.54) is 6.07 Å². The summed E-state index contributed by atoms with van der Waals surface area (Å²) in [7, 11) is 0. The fraction of sp³-hybridized carbons (Fsp3) is 0.412. The average molecular weight is 315 g/mol. The van der Waals surface area contributed by atoms with Crippen molar-refractivity contribution in [3.8, 4) is 5.75 Å². The highest BCUT2D eigenvalue weighted by Crippen LogP contribution is 2.36. The fourth-order valence-electron chi connectivity index (χ4n) is 2.84. The van der Waals surface area contributed by atoms with Gasteiger partial charge in [-0.3, -0.25) is 9.59 Å². The summed E-state index contributed by atoms with van der Waals surface area (Å²) >= 11 is 0. The molecular weight excluding hydrogens is 294 g/mol. The molecule has 2 heterocycles. The van der Waals surface area contributed by atoms with Gasteiger partial charge in [-0.2, -0.15) is 0 Å². The third-order valence-electron chi connectivity index (χ3n) is 4.05. The fourth-order valence-corrected chi connectivity index (χ4v) is 2.84. The molecular formula is C17H21N3O3. The van der Waals surface area contributed by atoms with E-state index >= 15 is 0 Å². The van der Waals surface area contributed by atoms with Crippen LogP contribution < -0.4 is 21.3 Å². The molecule has 1 aromatic heterocycles. The number of carbonyl (C=O) groups is 1. The molecule has 3 rings (SSSR count). The molecule has 0 fully saturated rings. The second kappa shape index (κ2) is 5.38. The summed E-state index contributed by atoms with van der Waals surface area (Å²) in [5.74, 6) is 0.579. The van der Waals surface area contributed by atoms with Crippen LogP contribution >= 0.6 is 0 Å². The van der Waals surface area contributed by atoms with Gasteiger partial charge >= 0.3 is 0 Å². The molecule has 0 saturated carbocycles. The lowest BCUT2D eigenvalue weighted by Crippen LogP contribution is -2.51. The molecule has 1 aromatic carbocycles. The molecule has 0 bridgehead atoms. The first-order valence-electron chi connectivity index (χ1n) is 7.65. The summed E-state index contributed by atoms with van der Waals surface area (Å²) in [6.45, 7) is 5.70. The Kier molecular flexibility index (Phi) is 3.64. The van der Waals surface area contributed by atoms with Crippen LogP contribution in [0.3, 0.4) is 0 Å². The molecule has 1 unspecified atom stereocenters. The molecule has 2 aromatic rings. The number of hydrogen-bond donors (Lipinski definition) is 3. The maximum absolute atomic E-state index is 11.9. The number of benzene rings is 1. The van der Waals surface area contributed by atoms with Crippen molar-refractivity contribution in [2.45, 2.75) is 38.8 Å². The minimum absolute atomic E-state index is 0.131. The molecule has 0 aliphatic carbocycles. The van der Waals surface area contributed by atoms with E-state index in [0.29, 0.717) is 6.54 Å². The molecule has 6 heteroatoms. The van der Waals surface area contributed by atoms with Crippen molar-refractivity contribution in [2.75, 3.05) is 6.54 Å². The number of amides is 1. The first-order chi connectivity index (χ1) is 10.8. The van der Waals surface area contributed by atoms with E-state index in [2.05, 4.69) is 10.3 Å². The van der Waals surface area contributed by atoms with E-state index in [1.807, 2.05) is 13.0 Å². The Balaban J connectivity index is 1.83. The number of hydrogen-bond acceptors (Lipinski definition) is 4. The van der Waals surface area contributed by atoms with Gasteiger partial charge < -0.3 is 20.8 Å². The van der Waals surface area contributed by atoms with Gasteiger partial charge in [-0.1, -0.05) is 6.07 Å². The van der Waals surface area contributed by atoms with Gasteiger partial charge in [0.15, 0.2) is 0 Å². The molecule has 1 atom stereocenters. The monoisotopic (exact) mass is 315 g/mol.